The van der Waals surface area contributed by atoms with Gasteiger partial charge < -0.3 is 9.26 Å². The zero-order chi connectivity index (χ0) is 21.3. The number of aromatic nitrogens is 5. The third-order valence-electron chi connectivity index (χ3n) is 4.26. The van der Waals surface area contributed by atoms with E-state index >= 15 is 0 Å². The Morgan fingerprint density at radius 3 is 2.50 bits per heavy atom. The molecule has 0 fully saturated rings. The van der Waals surface area contributed by atoms with Gasteiger partial charge in [0, 0.05) is 17.5 Å². The zero-order valence-corrected chi connectivity index (χ0v) is 16.0. The molecule has 0 aliphatic heterocycles. The average molecular weight is 415 g/mol. The summed E-state index contributed by atoms with van der Waals surface area (Å²) >= 11 is 0. The van der Waals surface area contributed by atoms with E-state index in [1.807, 2.05) is 32.0 Å². The van der Waals surface area contributed by atoms with Crippen LogP contribution in [0.15, 0.2) is 53.2 Å². The van der Waals surface area contributed by atoms with Crippen molar-refractivity contribution in [1.82, 2.24) is 24.9 Å². The van der Waals surface area contributed by atoms with E-state index in [9.17, 15) is 13.2 Å². The normalized spacial score (nSPS) is 11.6. The smallest absolute Gasteiger partial charge is 0.406 e. The van der Waals surface area contributed by atoms with Crippen molar-refractivity contribution < 1.29 is 22.4 Å². The maximum Gasteiger partial charge on any atom is 0.573 e. The number of halogens is 3. The summed E-state index contributed by atoms with van der Waals surface area (Å²) in [5.74, 6) is 0.115. The minimum atomic E-state index is -4.74. The quantitative estimate of drug-likeness (QED) is 0.476. The Bertz CT molecular complexity index is 1150. The molecule has 0 aliphatic rings. The van der Waals surface area contributed by atoms with Gasteiger partial charge >= 0.3 is 6.36 Å². The van der Waals surface area contributed by atoms with Crippen LogP contribution >= 0.6 is 0 Å². The zero-order valence-electron chi connectivity index (χ0n) is 16.0. The van der Waals surface area contributed by atoms with Crippen molar-refractivity contribution in [2.45, 2.75) is 26.8 Å². The number of pyridine rings is 1. The molecule has 0 saturated heterocycles. The van der Waals surface area contributed by atoms with E-state index in [2.05, 4.69) is 25.0 Å². The Kier molecular flexibility index (Phi) is 4.98. The van der Waals surface area contributed by atoms with Gasteiger partial charge in [-0.05, 0) is 55.8 Å². The first-order valence-corrected chi connectivity index (χ1v) is 8.93. The van der Waals surface area contributed by atoms with E-state index in [0.29, 0.717) is 17.8 Å². The highest BCUT2D eigenvalue weighted by molar-refractivity contribution is 5.58. The van der Waals surface area contributed by atoms with Gasteiger partial charge in [-0.25, -0.2) is 0 Å². The Morgan fingerprint density at radius 1 is 1.07 bits per heavy atom. The topological polar surface area (TPSA) is 78.9 Å². The first kappa shape index (κ1) is 19.6. The first-order chi connectivity index (χ1) is 14.3. The molecule has 3 aromatic heterocycles. The van der Waals surface area contributed by atoms with Crippen LogP contribution in [0.1, 0.15) is 17.0 Å². The molecule has 0 saturated carbocycles. The number of aryl methyl sites for hydroxylation is 2. The van der Waals surface area contributed by atoms with Crippen molar-refractivity contribution in [1.29, 1.82) is 0 Å². The maximum atomic E-state index is 12.3. The lowest BCUT2D eigenvalue weighted by Gasteiger charge is -2.08. The summed E-state index contributed by atoms with van der Waals surface area (Å²) < 4.78 is 47.7. The summed E-state index contributed by atoms with van der Waals surface area (Å²) in [6, 6.07) is 10.9. The molecule has 4 aromatic rings. The Balaban J connectivity index is 1.52. The van der Waals surface area contributed by atoms with Crippen LogP contribution in [0.3, 0.4) is 0 Å². The second-order valence-electron chi connectivity index (χ2n) is 6.65. The highest BCUT2D eigenvalue weighted by Gasteiger charge is 2.31. The van der Waals surface area contributed by atoms with E-state index in [0.717, 1.165) is 17.0 Å². The molecule has 0 N–H and O–H groups in total. The van der Waals surface area contributed by atoms with Crippen LogP contribution < -0.4 is 4.74 Å². The number of nitrogens with zero attached hydrogens (tertiary/aromatic N) is 5. The lowest BCUT2D eigenvalue weighted by atomic mass is 10.2. The predicted octanol–water partition coefficient (Wildman–Crippen LogP) is 4.56. The molecule has 0 bridgehead atoms. The fourth-order valence-electron chi connectivity index (χ4n) is 2.77. The SMILES string of the molecule is Cc1ccc(Cn2nc(-c3nc(-c4ccc(OC(F)(F)F)cc4)no3)cc2C)nc1. The standard InChI is InChI=1S/C20H16F3N5O2/c1-12-3-6-15(24-10-12)11-28-13(2)9-17(26-28)19-25-18(27-30-19)14-4-7-16(8-5-14)29-20(21,22)23/h3-10H,11H2,1-2H3. The lowest BCUT2D eigenvalue weighted by molar-refractivity contribution is -0.274. The Hall–Kier alpha value is -3.69. The van der Waals surface area contributed by atoms with Crippen molar-refractivity contribution in [2.75, 3.05) is 0 Å². The largest absolute Gasteiger partial charge is 0.573 e. The molecule has 0 spiro atoms. The van der Waals surface area contributed by atoms with E-state index in [4.69, 9.17) is 4.52 Å². The third kappa shape index (κ3) is 4.48. The summed E-state index contributed by atoms with van der Waals surface area (Å²) in [5, 5.41) is 8.38. The van der Waals surface area contributed by atoms with Crippen LogP contribution in [0.2, 0.25) is 0 Å². The van der Waals surface area contributed by atoms with Crippen molar-refractivity contribution >= 4 is 0 Å². The molecule has 0 atom stereocenters. The molecular weight excluding hydrogens is 399 g/mol. The highest BCUT2D eigenvalue weighted by atomic mass is 19.4. The van der Waals surface area contributed by atoms with Crippen LogP contribution in [0.25, 0.3) is 23.0 Å². The van der Waals surface area contributed by atoms with Gasteiger partial charge in [0.15, 0.2) is 5.69 Å². The summed E-state index contributed by atoms with van der Waals surface area (Å²) in [6.07, 6.45) is -2.95. The number of hydrogen-bond donors (Lipinski definition) is 0. The summed E-state index contributed by atoms with van der Waals surface area (Å²) in [6.45, 7) is 4.37. The number of benzene rings is 1. The third-order valence-corrected chi connectivity index (χ3v) is 4.26. The van der Waals surface area contributed by atoms with Crippen LogP contribution in [-0.2, 0) is 6.54 Å². The van der Waals surface area contributed by atoms with Gasteiger partial charge in [-0.1, -0.05) is 11.2 Å². The monoisotopic (exact) mass is 415 g/mol. The molecule has 10 heteroatoms. The molecule has 4 rings (SSSR count). The minimum Gasteiger partial charge on any atom is -0.406 e. The summed E-state index contributed by atoms with van der Waals surface area (Å²) in [7, 11) is 0. The van der Waals surface area contributed by atoms with Crippen LogP contribution in [0.5, 0.6) is 5.75 Å². The van der Waals surface area contributed by atoms with E-state index in [-0.39, 0.29) is 17.5 Å². The molecule has 1 aromatic carbocycles. The van der Waals surface area contributed by atoms with E-state index in [1.165, 1.54) is 24.3 Å². The molecule has 3 heterocycles. The molecule has 7 nitrogen and oxygen atoms in total. The average Bonchev–Trinajstić information content (AvgIpc) is 3.30. The van der Waals surface area contributed by atoms with Gasteiger partial charge in [0.1, 0.15) is 5.75 Å². The van der Waals surface area contributed by atoms with Gasteiger partial charge in [-0.3, -0.25) is 9.67 Å². The molecule has 0 radical (unpaired) electrons. The van der Waals surface area contributed by atoms with E-state index in [1.54, 1.807) is 10.9 Å². The lowest BCUT2D eigenvalue weighted by Crippen LogP contribution is -2.16. The second-order valence-corrected chi connectivity index (χ2v) is 6.65. The van der Waals surface area contributed by atoms with Crippen molar-refractivity contribution in [3.63, 3.8) is 0 Å². The molecule has 0 amide bonds. The second kappa shape index (κ2) is 7.62. The van der Waals surface area contributed by atoms with Crippen LogP contribution in [0.4, 0.5) is 13.2 Å². The van der Waals surface area contributed by atoms with Gasteiger partial charge in [0.05, 0.1) is 12.2 Å². The summed E-state index contributed by atoms with van der Waals surface area (Å²) in [5.41, 5.74) is 3.81. The van der Waals surface area contributed by atoms with Gasteiger partial charge in [-0.15, -0.1) is 13.2 Å². The minimum absolute atomic E-state index is 0.208. The van der Waals surface area contributed by atoms with Crippen molar-refractivity contribution in [2.24, 2.45) is 0 Å². The number of rotatable bonds is 5. The molecular formula is C20H16F3N5O2. The molecule has 30 heavy (non-hydrogen) atoms. The number of ether oxygens (including phenoxy) is 1. The molecule has 154 valence electrons. The van der Waals surface area contributed by atoms with Crippen LogP contribution in [-0.4, -0.2) is 31.3 Å². The predicted molar refractivity (Wildman–Crippen MR) is 100 cm³/mol. The van der Waals surface area contributed by atoms with Gasteiger partial charge in [0.25, 0.3) is 5.89 Å². The Labute approximate surface area is 169 Å². The number of alkyl halides is 3. The number of hydrogen-bond acceptors (Lipinski definition) is 6. The fourth-order valence-corrected chi connectivity index (χ4v) is 2.77. The van der Waals surface area contributed by atoms with E-state index < -0.39 is 6.36 Å². The van der Waals surface area contributed by atoms with Gasteiger partial charge in [0.2, 0.25) is 5.82 Å². The summed E-state index contributed by atoms with van der Waals surface area (Å²) in [4.78, 5) is 8.67. The van der Waals surface area contributed by atoms with Gasteiger partial charge in [-0.2, -0.15) is 10.1 Å². The van der Waals surface area contributed by atoms with Crippen molar-refractivity contribution in [3.8, 4) is 28.7 Å². The molecule has 0 unspecified atom stereocenters. The highest BCUT2D eigenvalue weighted by Crippen LogP contribution is 2.27. The van der Waals surface area contributed by atoms with Crippen molar-refractivity contribution in [3.05, 3.63) is 65.6 Å². The maximum absolute atomic E-state index is 12.3. The molecule has 0 aliphatic carbocycles. The first-order valence-electron chi connectivity index (χ1n) is 8.93. The van der Waals surface area contributed by atoms with Crippen LogP contribution in [0, 0.1) is 13.8 Å². The Morgan fingerprint density at radius 2 is 1.83 bits per heavy atom. The fraction of sp³-hybridized carbons (Fsp3) is 0.200.